The number of nitrogens with one attached hydrogen (secondary N) is 3. The maximum absolute atomic E-state index is 12.0. The van der Waals surface area contributed by atoms with Gasteiger partial charge in [0.05, 0.1) is 17.3 Å². The predicted octanol–water partition coefficient (Wildman–Crippen LogP) is 3.09. The van der Waals surface area contributed by atoms with Crippen LogP contribution in [0.1, 0.15) is 60.8 Å². The number of guanidine groups is 1. The average molecular weight is 523 g/mol. The maximum atomic E-state index is 12.0. The Bertz CT molecular complexity index is 591. The fourth-order valence-electron chi connectivity index (χ4n) is 3.04. The number of hydrogen-bond acceptors (Lipinski definition) is 5. The summed E-state index contributed by atoms with van der Waals surface area (Å²) in [5.74, 6) is 0.706. The maximum Gasteiger partial charge on any atom is 0.263 e. The summed E-state index contributed by atoms with van der Waals surface area (Å²) in [5, 5.41) is 9.37. The molecule has 1 amide bonds. The second kappa shape index (κ2) is 15.0. The van der Waals surface area contributed by atoms with Crippen LogP contribution in [-0.2, 0) is 4.74 Å². The number of carbonyl (C=O) groups excluding carboxylic acids is 1. The van der Waals surface area contributed by atoms with Crippen molar-refractivity contribution in [2.75, 3.05) is 32.8 Å². The van der Waals surface area contributed by atoms with E-state index in [0.29, 0.717) is 24.1 Å². The topological polar surface area (TPSA) is 87.6 Å². The summed E-state index contributed by atoms with van der Waals surface area (Å²) in [4.78, 5) is 21.4. The number of ether oxygens (including phenoxy) is 1. The highest BCUT2D eigenvalue weighted by atomic mass is 127. The van der Waals surface area contributed by atoms with Crippen molar-refractivity contribution in [3.8, 4) is 0 Å². The SMILES string of the molecule is CCNC(=NCCCOC1CCCCC1)NCCNC(=O)c1scnc1C.I. The van der Waals surface area contributed by atoms with Crippen molar-refractivity contribution in [2.24, 2.45) is 4.99 Å². The Morgan fingerprint density at radius 3 is 2.68 bits per heavy atom. The minimum absolute atomic E-state index is 0. The number of carbonyl (C=O) groups is 1. The Hall–Kier alpha value is -0.940. The van der Waals surface area contributed by atoms with Crippen molar-refractivity contribution in [2.45, 2.75) is 58.5 Å². The lowest BCUT2D eigenvalue weighted by Gasteiger charge is -2.21. The van der Waals surface area contributed by atoms with Crippen LogP contribution in [0.15, 0.2) is 10.5 Å². The summed E-state index contributed by atoms with van der Waals surface area (Å²) in [6, 6.07) is 0. The molecule has 0 atom stereocenters. The quantitative estimate of drug-likeness (QED) is 0.190. The van der Waals surface area contributed by atoms with Gasteiger partial charge in [-0.05, 0) is 33.1 Å². The summed E-state index contributed by atoms with van der Waals surface area (Å²) in [6.45, 7) is 7.35. The Morgan fingerprint density at radius 1 is 1.25 bits per heavy atom. The van der Waals surface area contributed by atoms with Gasteiger partial charge in [0.2, 0.25) is 0 Å². The molecular formula is C19H34IN5O2S. The van der Waals surface area contributed by atoms with Crippen molar-refractivity contribution >= 4 is 47.2 Å². The lowest BCUT2D eigenvalue weighted by atomic mass is 9.98. The molecule has 0 spiro atoms. The molecule has 0 radical (unpaired) electrons. The van der Waals surface area contributed by atoms with Crippen molar-refractivity contribution in [3.05, 3.63) is 16.1 Å². The second-order valence-electron chi connectivity index (χ2n) is 6.69. The molecule has 2 rings (SSSR count). The van der Waals surface area contributed by atoms with Gasteiger partial charge in [-0.2, -0.15) is 0 Å². The monoisotopic (exact) mass is 523 g/mol. The normalized spacial score (nSPS) is 15.0. The highest BCUT2D eigenvalue weighted by molar-refractivity contribution is 14.0. The molecule has 0 bridgehead atoms. The summed E-state index contributed by atoms with van der Waals surface area (Å²) in [7, 11) is 0. The predicted molar refractivity (Wildman–Crippen MR) is 126 cm³/mol. The lowest BCUT2D eigenvalue weighted by Crippen LogP contribution is -2.41. The van der Waals surface area contributed by atoms with Crippen LogP contribution >= 0.6 is 35.3 Å². The van der Waals surface area contributed by atoms with Gasteiger partial charge in [-0.1, -0.05) is 19.3 Å². The van der Waals surface area contributed by atoms with E-state index in [-0.39, 0.29) is 29.9 Å². The summed E-state index contributed by atoms with van der Waals surface area (Å²) in [6.07, 6.45) is 7.76. The van der Waals surface area contributed by atoms with Crippen molar-refractivity contribution in [1.29, 1.82) is 0 Å². The van der Waals surface area contributed by atoms with E-state index in [2.05, 4.69) is 25.9 Å². The van der Waals surface area contributed by atoms with Crippen molar-refractivity contribution in [3.63, 3.8) is 0 Å². The number of aryl methyl sites for hydroxylation is 1. The summed E-state index contributed by atoms with van der Waals surface area (Å²) >= 11 is 1.36. The molecule has 1 aliphatic carbocycles. The van der Waals surface area contributed by atoms with Gasteiger partial charge in [0.15, 0.2) is 5.96 Å². The van der Waals surface area contributed by atoms with Gasteiger partial charge in [-0.3, -0.25) is 9.79 Å². The van der Waals surface area contributed by atoms with E-state index < -0.39 is 0 Å². The Labute approximate surface area is 189 Å². The minimum atomic E-state index is -0.0707. The molecule has 1 aromatic heterocycles. The van der Waals surface area contributed by atoms with Crippen LogP contribution in [0, 0.1) is 6.92 Å². The number of nitrogens with zero attached hydrogens (tertiary/aromatic N) is 2. The zero-order valence-electron chi connectivity index (χ0n) is 17.0. The van der Waals surface area contributed by atoms with E-state index in [0.717, 1.165) is 37.8 Å². The van der Waals surface area contributed by atoms with Crippen LogP contribution in [0.2, 0.25) is 0 Å². The smallest absolute Gasteiger partial charge is 0.263 e. The van der Waals surface area contributed by atoms with Gasteiger partial charge in [0.1, 0.15) is 4.88 Å². The number of rotatable bonds is 10. The molecular weight excluding hydrogens is 489 g/mol. The summed E-state index contributed by atoms with van der Waals surface area (Å²) in [5.41, 5.74) is 2.46. The average Bonchev–Trinajstić information content (AvgIpc) is 3.11. The summed E-state index contributed by atoms with van der Waals surface area (Å²) < 4.78 is 5.93. The lowest BCUT2D eigenvalue weighted by molar-refractivity contribution is 0.0281. The van der Waals surface area contributed by atoms with Gasteiger partial charge in [-0.15, -0.1) is 35.3 Å². The zero-order chi connectivity index (χ0) is 19.3. The van der Waals surface area contributed by atoms with Crippen LogP contribution in [-0.4, -0.2) is 55.7 Å². The van der Waals surface area contributed by atoms with E-state index in [1.165, 1.54) is 43.4 Å². The molecule has 1 saturated carbocycles. The Balaban J connectivity index is 0.00000392. The van der Waals surface area contributed by atoms with Crippen LogP contribution in [0.25, 0.3) is 0 Å². The van der Waals surface area contributed by atoms with Crippen LogP contribution in [0.3, 0.4) is 0 Å². The minimum Gasteiger partial charge on any atom is -0.378 e. The molecule has 0 aliphatic heterocycles. The molecule has 0 aromatic carbocycles. The van der Waals surface area contributed by atoms with Gasteiger partial charge in [0, 0.05) is 32.8 Å². The van der Waals surface area contributed by atoms with Crippen molar-refractivity contribution < 1.29 is 9.53 Å². The molecule has 7 nitrogen and oxygen atoms in total. The number of hydrogen-bond donors (Lipinski definition) is 3. The third kappa shape index (κ3) is 9.51. The number of halogens is 1. The third-order valence-corrected chi connectivity index (χ3v) is 5.40. The molecule has 1 fully saturated rings. The first-order valence-corrected chi connectivity index (χ1v) is 10.9. The highest BCUT2D eigenvalue weighted by Crippen LogP contribution is 2.20. The fourth-order valence-corrected chi connectivity index (χ4v) is 3.75. The third-order valence-electron chi connectivity index (χ3n) is 4.48. The standard InChI is InChI=1S/C19H33N5O2S.HI/c1-3-20-19(22-10-7-13-26-16-8-5-4-6-9-16)23-12-11-21-18(25)17-15(2)24-14-27-17;/h14,16H,3-13H2,1-2H3,(H,21,25)(H2,20,22,23);1H. The fraction of sp³-hybridized carbons (Fsp3) is 0.737. The molecule has 0 saturated heterocycles. The molecule has 0 unspecified atom stereocenters. The Kier molecular flexibility index (Phi) is 13.4. The Morgan fingerprint density at radius 2 is 2.00 bits per heavy atom. The molecule has 3 N–H and O–H groups in total. The first-order valence-electron chi connectivity index (χ1n) is 10.0. The van der Waals surface area contributed by atoms with Gasteiger partial charge < -0.3 is 20.7 Å². The second-order valence-corrected chi connectivity index (χ2v) is 7.55. The van der Waals surface area contributed by atoms with E-state index in [4.69, 9.17) is 4.74 Å². The number of aliphatic imine (C=N–C) groups is 1. The van der Waals surface area contributed by atoms with Gasteiger partial charge in [-0.25, -0.2) is 4.98 Å². The number of thiazole rings is 1. The zero-order valence-corrected chi connectivity index (χ0v) is 20.1. The van der Waals surface area contributed by atoms with E-state index in [1.807, 2.05) is 13.8 Å². The number of aromatic nitrogens is 1. The molecule has 9 heteroatoms. The van der Waals surface area contributed by atoms with E-state index >= 15 is 0 Å². The first kappa shape index (κ1) is 25.1. The van der Waals surface area contributed by atoms with E-state index in [9.17, 15) is 4.79 Å². The van der Waals surface area contributed by atoms with Crippen molar-refractivity contribution in [1.82, 2.24) is 20.9 Å². The molecule has 1 aromatic rings. The highest BCUT2D eigenvalue weighted by Gasteiger charge is 2.13. The molecule has 28 heavy (non-hydrogen) atoms. The van der Waals surface area contributed by atoms with Gasteiger partial charge in [0.25, 0.3) is 5.91 Å². The molecule has 160 valence electrons. The van der Waals surface area contributed by atoms with E-state index in [1.54, 1.807) is 5.51 Å². The van der Waals surface area contributed by atoms with Crippen LogP contribution in [0.4, 0.5) is 0 Å². The largest absolute Gasteiger partial charge is 0.378 e. The van der Waals surface area contributed by atoms with Gasteiger partial charge >= 0.3 is 0 Å². The first-order chi connectivity index (χ1) is 13.2. The molecule has 1 aliphatic rings. The van der Waals surface area contributed by atoms with Crippen LogP contribution < -0.4 is 16.0 Å². The van der Waals surface area contributed by atoms with Crippen LogP contribution in [0.5, 0.6) is 0 Å². The molecule has 1 heterocycles. The number of amides is 1.